The van der Waals surface area contributed by atoms with E-state index < -0.39 is 10.0 Å². The third kappa shape index (κ3) is 2.78. The minimum atomic E-state index is -3.18. The van der Waals surface area contributed by atoms with Crippen LogP contribution in [0.25, 0.3) is 11.2 Å². The zero-order valence-corrected chi connectivity index (χ0v) is 13.0. The molecule has 1 fully saturated rings. The predicted octanol–water partition coefficient (Wildman–Crippen LogP) is 0.424. The van der Waals surface area contributed by atoms with Gasteiger partial charge in [-0.3, -0.25) is 4.90 Å². The van der Waals surface area contributed by atoms with Crippen LogP contribution in [0.4, 0.5) is 0 Å². The van der Waals surface area contributed by atoms with Crippen molar-refractivity contribution in [2.24, 2.45) is 0 Å². The first-order valence-corrected chi connectivity index (χ1v) is 8.40. The molecule has 2 aromatic heterocycles. The highest BCUT2D eigenvalue weighted by molar-refractivity contribution is 7.89. The average Bonchev–Trinajstić information content (AvgIpc) is 3.04. The van der Waals surface area contributed by atoms with E-state index in [1.54, 1.807) is 20.3 Å². The van der Waals surface area contributed by atoms with Crippen molar-refractivity contribution in [3.63, 3.8) is 0 Å². The highest BCUT2D eigenvalue weighted by Crippen LogP contribution is 2.20. The first-order valence-electron chi connectivity index (χ1n) is 6.90. The molecule has 1 saturated heterocycles. The van der Waals surface area contributed by atoms with Gasteiger partial charge in [-0.2, -0.15) is 0 Å². The zero-order chi connectivity index (χ0) is 15.0. The number of likely N-dealkylation sites (tertiary alicyclic amines) is 1. The lowest BCUT2D eigenvalue weighted by atomic mass is 10.4. The smallest absolute Gasteiger partial charge is 0.217 e. The van der Waals surface area contributed by atoms with Crippen molar-refractivity contribution in [2.45, 2.75) is 18.2 Å². The van der Waals surface area contributed by atoms with E-state index in [0.29, 0.717) is 25.2 Å². The van der Waals surface area contributed by atoms with Crippen LogP contribution >= 0.6 is 0 Å². The van der Waals surface area contributed by atoms with Gasteiger partial charge >= 0.3 is 0 Å². The Labute approximate surface area is 124 Å². The van der Waals surface area contributed by atoms with Gasteiger partial charge in [0.15, 0.2) is 5.65 Å². The number of nitrogens with zero attached hydrogens (tertiary/aromatic N) is 4. The van der Waals surface area contributed by atoms with Crippen LogP contribution in [0.15, 0.2) is 18.3 Å². The summed E-state index contributed by atoms with van der Waals surface area (Å²) >= 11 is 0. The van der Waals surface area contributed by atoms with Gasteiger partial charge in [-0.1, -0.05) is 0 Å². The van der Waals surface area contributed by atoms with Crippen molar-refractivity contribution in [3.8, 4) is 0 Å². The highest BCUT2D eigenvalue weighted by Gasteiger charge is 2.34. The molecule has 1 atom stereocenters. The molecule has 0 aliphatic carbocycles. The molecule has 3 rings (SSSR count). The number of hydrogen-bond donors (Lipinski definition) is 1. The van der Waals surface area contributed by atoms with Crippen molar-refractivity contribution in [2.75, 3.05) is 27.2 Å². The summed E-state index contributed by atoms with van der Waals surface area (Å²) in [6.45, 7) is 1.93. The first-order chi connectivity index (χ1) is 9.96. The molecular formula is C13H19N5O2S. The van der Waals surface area contributed by atoms with Crippen LogP contribution in [0, 0.1) is 0 Å². The van der Waals surface area contributed by atoms with Crippen LogP contribution in [-0.2, 0) is 16.6 Å². The summed E-state index contributed by atoms with van der Waals surface area (Å²) < 4.78 is 25.6. The molecule has 114 valence electrons. The molecule has 8 heteroatoms. The SMILES string of the molecule is CN(C)S(=O)(=O)C1CCN(Cc2nc3ncccc3[nH]2)C1. The largest absolute Gasteiger partial charge is 0.340 e. The number of nitrogens with one attached hydrogen (secondary N) is 1. The fraction of sp³-hybridized carbons (Fsp3) is 0.538. The van der Waals surface area contributed by atoms with Crippen LogP contribution in [0.3, 0.4) is 0 Å². The van der Waals surface area contributed by atoms with Gasteiger partial charge in [0.2, 0.25) is 10.0 Å². The molecule has 1 aliphatic heterocycles. The predicted molar refractivity (Wildman–Crippen MR) is 80.2 cm³/mol. The van der Waals surface area contributed by atoms with Crippen molar-refractivity contribution in [1.82, 2.24) is 24.2 Å². The Hall–Kier alpha value is -1.51. The van der Waals surface area contributed by atoms with E-state index in [1.807, 2.05) is 12.1 Å². The number of sulfonamides is 1. The normalized spacial score (nSPS) is 20.6. The molecule has 7 nitrogen and oxygen atoms in total. The molecule has 0 saturated carbocycles. The molecule has 2 aromatic rings. The molecule has 1 N–H and O–H groups in total. The van der Waals surface area contributed by atoms with Crippen molar-refractivity contribution < 1.29 is 8.42 Å². The monoisotopic (exact) mass is 309 g/mol. The average molecular weight is 309 g/mol. The van der Waals surface area contributed by atoms with E-state index in [0.717, 1.165) is 17.9 Å². The van der Waals surface area contributed by atoms with Gasteiger partial charge in [0.05, 0.1) is 17.3 Å². The quantitative estimate of drug-likeness (QED) is 0.885. The Morgan fingerprint density at radius 3 is 3.00 bits per heavy atom. The standard InChI is InChI=1S/C13H19N5O2S/c1-17(2)21(19,20)10-5-7-18(8-10)9-12-15-11-4-3-6-14-13(11)16-12/h3-4,6,10H,5,7-9H2,1-2H3,(H,14,15,16). The fourth-order valence-corrected chi connectivity index (χ4v) is 4.06. The third-order valence-corrected chi connectivity index (χ3v) is 6.08. The first kappa shape index (κ1) is 14.4. The third-order valence-electron chi connectivity index (χ3n) is 3.84. The summed E-state index contributed by atoms with van der Waals surface area (Å²) in [4.78, 5) is 14.0. The number of aromatic amines is 1. The number of pyridine rings is 1. The minimum Gasteiger partial charge on any atom is -0.340 e. The number of H-pyrrole nitrogens is 1. The molecular weight excluding hydrogens is 290 g/mol. The van der Waals surface area contributed by atoms with Crippen molar-refractivity contribution in [3.05, 3.63) is 24.2 Å². The van der Waals surface area contributed by atoms with E-state index in [1.165, 1.54) is 4.31 Å². The lowest BCUT2D eigenvalue weighted by molar-refractivity contribution is 0.323. The summed E-state index contributed by atoms with van der Waals surface area (Å²) in [7, 11) is -0.00529. The second kappa shape index (κ2) is 5.36. The Bertz CT molecular complexity index is 707. The van der Waals surface area contributed by atoms with Gasteiger partial charge in [0.25, 0.3) is 0 Å². The number of aromatic nitrogens is 3. The van der Waals surface area contributed by atoms with E-state index in [-0.39, 0.29) is 5.25 Å². The van der Waals surface area contributed by atoms with E-state index in [2.05, 4.69) is 19.9 Å². The summed E-state index contributed by atoms with van der Waals surface area (Å²) in [5.74, 6) is 0.826. The lowest BCUT2D eigenvalue weighted by Crippen LogP contribution is -2.35. The fourth-order valence-electron chi connectivity index (χ4n) is 2.66. The maximum Gasteiger partial charge on any atom is 0.217 e. The topological polar surface area (TPSA) is 82.2 Å². The van der Waals surface area contributed by atoms with Gasteiger partial charge in [0.1, 0.15) is 5.82 Å². The second-order valence-corrected chi connectivity index (χ2v) is 7.96. The van der Waals surface area contributed by atoms with Gasteiger partial charge in [-0.25, -0.2) is 22.7 Å². The zero-order valence-electron chi connectivity index (χ0n) is 12.2. The molecule has 0 amide bonds. The van der Waals surface area contributed by atoms with Crippen LogP contribution in [0.2, 0.25) is 0 Å². The van der Waals surface area contributed by atoms with Gasteiger partial charge in [-0.15, -0.1) is 0 Å². The van der Waals surface area contributed by atoms with Crippen LogP contribution in [0.1, 0.15) is 12.2 Å². The van der Waals surface area contributed by atoms with E-state index >= 15 is 0 Å². The van der Waals surface area contributed by atoms with E-state index in [9.17, 15) is 8.42 Å². The summed E-state index contributed by atoms with van der Waals surface area (Å²) in [5.41, 5.74) is 1.60. The van der Waals surface area contributed by atoms with Gasteiger partial charge in [-0.05, 0) is 18.6 Å². The van der Waals surface area contributed by atoms with Crippen molar-refractivity contribution >= 4 is 21.2 Å². The summed E-state index contributed by atoms with van der Waals surface area (Å²) in [5, 5.41) is -0.324. The number of rotatable bonds is 4. The van der Waals surface area contributed by atoms with Crippen LogP contribution < -0.4 is 0 Å². The highest BCUT2D eigenvalue weighted by atomic mass is 32.2. The molecule has 0 aromatic carbocycles. The van der Waals surface area contributed by atoms with Crippen LogP contribution in [-0.4, -0.2) is 65.0 Å². The van der Waals surface area contributed by atoms with Gasteiger partial charge < -0.3 is 4.98 Å². The van der Waals surface area contributed by atoms with Gasteiger partial charge in [0, 0.05) is 33.4 Å². The number of hydrogen-bond acceptors (Lipinski definition) is 5. The minimum absolute atomic E-state index is 0.324. The molecule has 0 radical (unpaired) electrons. The number of fused-ring (bicyclic) bond motifs is 1. The van der Waals surface area contributed by atoms with Crippen LogP contribution in [0.5, 0.6) is 0 Å². The second-order valence-electron chi connectivity index (χ2n) is 5.53. The molecule has 0 spiro atoms. The molecule has 3 heterocycles. The number of imidazole rings is 1. The Morgan fingerprint density at radius 2 is 2.29 bits per heavy atom. The maximum absolute atomic E-state index is 12.1. The molecule has 1 unspecified atom stereocenters. The lowest BCUT2D eigenvalue weighted by Gasteiger charge is -2.18. The van der Waals surface area contributed by atoms with Crippen molar-refractivity contribution in [1.29, 1.82) is 0 Å². The van der Waals surface area contributed by atoms with E-state index in [4.69, 9.17) is 0 Å². The Kier molecular flexibility index (Phi) is 3.68. The molecule has 0 bridgehead atoms. The summed E-state index contributed by atoms with van der Waals surface area (Å²) in [6.07, 6.45) is 2.38. The molecule has 1 aliphatic rings. The maximum atomic E-state index is 12.1. The molecule has 21 heavy (non-hydrogen) atoms. The Morgan fingerprint density at radius 1 is 1.48 bits per heavy atom. The summed E-state index contributed by atoms with van der Waals surface area (Å²) in [6, 6.07) is 3.79. The Balaban J connectivity index is 1.70.